The standard InChI is InChI=1S/C21H22N2O5S/c1-23(2,13-6-14-29(25,26)27)12-5-7-16-10-11-17(19(24)15-16)21-22-18-8-3-4-9-20(18)28-21/h3-4,8-11,15H,6,12-14H2,1-2H3,(H-,22,24,25,26,27)/p+1. The van der Waals surface area contributed by atoms with Crippen molar-refractivity contribution in [2.45, 2.75) is 6.42 Å². The molecule has 0 aliphatic carbocycles. The average Bonchev–Trinajstić information content (AvgIpc) is 3.04. The molecule has 152 valence electrons. The molecule has 0 radical (unpaired) electrons. The topological polar surface area (TPSA) is 101 Å². The molecule has 0 saturated heterocycles. The molecule has 1 heterocycles. The van der Waals surface area contributed by atoms with Crippen molar-refractivity contribution in [3.05, 3.63) is 48.0 Å². The van der Waals surface area contributed by atoms with Gasteiger partial charge in [0.2, 0.25) is 5.89 Å². The van der Waals surface area contributed by atoms with E-state index in [1.165, 1.54) is 0 Å². The minimum absolute atomic E-state index is 0.0326. The molecular weight excluding hydrogens is 392 g/mol. The third kappa shape index (κ3) is 5.81. The molecule has 29 heavy (non-hydrogen) atoms. The number of aromatic hydroxyl groups is 1. The van der Waals surface area contributed by atoms with Crippen LogP contribution < -0.4 is 0 Å². The third-order valence-electron chi connectivity index (χ3n) is 4.43. The Bertz CT molecular complexity index is 1150. The van der Waals surface area contributed by atoms with E-state index in [9.17, 15) is 13.5 Å². The maximum Gasteiger partial charge on any atom is 0.265 e. The predicted molar refractivity (Wildman–Crippen MR) is 111 cm³/mol. The minimum Gasteiger partial charge on any atom is -0.507 e. The van der Waals surface area contributed by atoms with Gasteiger partial charge in [0.05, 0.1) is 32.0 Å². The highest BCUT2D eigenvalue weighted by Gasteiger charge is 2.15. The quantitative estimate of drug-likeness (QED) is 0.365. The van der Waals surface area contributed by atoms with Gasteiger partial charge in [0.15, 0.2) is 5.58 Å². The van der Waals surface area contributed by atoms with Crippen LogP contribution in [-0.4, -0.2) is 60.5 Å². The van der Waals surface area contributed by atoms with Crippen LogP contribution in [0.15, 0.2) is 46.9 Å². The van der Waals surface area contributed by atoms with Gasteiger partial charge in [-0.05, 0) is 36.3 Å². The molecule has 3 rings (SSSR count). The van der Waals surface area contributed by atoms with Gasteiger partial charge in [-0.25, -0.2) is 4.98 Å². The lowest BCUT2D eigenvalue weighted by atomic mass is 10.1. The zero-order valence-corrected chi connectivity index (χ0v) is 17.1. The van der Waals surface area contributed by atoms with Crippen molar-refractivity contribution >= 4 is 21.2 Å². The Balaban J connectivity index is 1.68. The largest absolute Gasteiger partial charge is 0.507 e. The monoisotopic (exact) mass is 415 g/mol. The first-order valence-corrected chi connectivity index (χ1v) is 10.7. The molecule has 0 aliphatic rings. The summed E-state index contributed by atoms with van der Waals surface area (Å²) in [6, 6.07) is 12.5. The van der Waals surface area contributed by atoms with Crippen molar-refractivity contribution in [2.24, 2.45) is 0 Å². The molecular formula is C21H23N2O5S+. The van der Waals surface area contributed by atoms with E-state index in [2.05, 4.69) is 16.8 Å². The average molecular weight is 415 g/mol. The highest BCUT2D eigenvalue weighted by atomic mass is 32.2. The number of nitrogens with zero attached hydrogens (tertiary/aromatic N) is 2. The Labute approximate surface area is 169 Å². The number of phenolic OH excluding ortho intramolecular Hbond substituents is 1. The van der Waals surface area contributed by atoms with Gasteiger partial charge in [0.1, 0.15) is 17.8 Å². The fraction of sp³-hybridized carbons (Fsp3) is 0.286. The summed E-state index contributed by atoms with van der Waals surface area (Å²) >= 11 is 0. The van der Waals surface area contributed by atoms with E-state index < -0.39 is 10.1 Å². The third-order valence-corrected chi connectivity index (χ3v) is 5.23. The first kappa shape index (κ1) is 20.9. The Morgan fingerprint density at radius 2 is 1.93 bits per heavy atom. The van der Waals surface area contributed by atoms with Crippen molar-refractivity contribution < 1.29 is 27.0 Å². The molecule has 7 nitrogen and oxygen atoms in total. The van der Waals surface area contributed by atoms with Gasteiger partial charge in [-0.2, -0.15) is 8.42 Å². The lowest BCUT2D eigenvalue weighted by molar-refractivity contribution is -0.883. The van der Waals surface area contributed by atoms with Gasteiger partial charge in [0.25, 0.3) is 10.1 Å². The number of hydrogen-bond acceptors (Lipinski definition) is 5. The van der Waals surface area contributed by atoms with Gasteiger partial charge in [0, 0.05) is 12.0 Å². The Morgan fingerprint density at radius 3 is 2.62 bits per heavy atom. The molecule has 0 unspecified atom stereocenters. The molecule has 0 aliphatic heterocycles. The minimum atomic E-state index is -3.94. The highest BCUT2D eigenvalue weighted by molar-refractivity contribution is 7.85. The first-order valence-electron chi connectivity index (χ1n) is 9.08. The fourth-order valence-electron chi connectivity index (χ4n) is 2.89. The Kier molecular flexibility index (Phi) is 5.94. The van der Waals surface area contributed by atoms with E-state index in [1.54, 1.807) is 18.2 Å². The molecule has 1 aromatic heterocycles. The fourth-order valence-corrected chi connectivity index (χ4v) is 3.38. The lowest BCUT2D eigenvalue weighted by Gasteiger charge is -2.27. The van der Waals surface area contributed by atoms with Gasteiger partial charge in [-0.1, -0.05) is 18.1 Å². The molecule has 0 amide bonds. The van der Waals surface area contributed by atoms with Gasteiger partial charge in [-0.3, -0.25) is 4.55 Å². The highest BCUT2D eigenvalue weighted by Crippen LogP contribution is 2.31. The molecule has 2 aromatic carbocycles. The van der Waals surface area contributed by atoms with E-state index in [-0.39, 0.29) is 11.5 Å². The summed E-state index contributed by atoms with van der Waals surface area (Å²) in [6.45, 7) is 1.06. The maximum atomic E-state index is 10.8. The van der Waals surface area contributed by atoms with Crippen molar-refractivity contribution in [2.75, 3.05) is 32.9 Å². The van der Waals surface area contributed by atoms with E-state index in [0.29, 0.717) is 46.6 Å². The number of oxazole rings is 1. The molecule has 0 spiro atoms. The number of hydrogen-bond donors (Lipinski definition) is 2. The first-order chi connectivity index (χ1) is 13.6. The van der Waals surface area contributed by atoms with Crippen LogP contribution in [0.4, 0.5) is 0 Å². The van der Waals surface area contributed by atoms with Crippen LogP contribution in [0, 0.1) is 11.8 Å². The van der Waals surface area contributed by atoms with E-state index in [0.717, 1.165) is 5.52 Å². The van der Waals surface area contributed by atoms with Crippen LogP contribution in [0.5, 0.6) is 5.75 Å². The zero-order chi connectivity index (χ0) is 21.1. The molecule has 2 N–H and O–H groups in total. The summed E-state index contributed by atoms with van der Waals surface area (Å²) in [4.78, 5) is 4.39. The molecule has 0 saturated carbocycles. The second kappa shape index (κ2) is 8.25. The predicted octanol–water partition coefficient (Wildman–Crippen LogP) is 2.91. The Hall–Kier alpha value is -2.86. The van der Waals surface area contributed by atoms with Crippen LogP contribution in [-0.2, 0) is 10.1 Å². The summed E-state index contributed by atoms with van der Waals surface area (Å²) in [5.41, 5.74) is 2.52. The molecule has 0 atom stereocenters. The second-order valence-electron chi connectivity index (χ2n) is 7.48. The number of fused-ring (bicyclic) bond motifs is 1. The van der Waals surface area contributed by atoms with Crippen LogP contribution >= 0.6 is 0 Å². The van der Waals surface area contributed by atoms with Crippen LogP contribution in [0.3, 0.4) is 0 Å². The second-order valence-corrected chi connectivity index (χ2v) is 9.05. The molecule has 0 bridgehead atoms. The maximum absolute atomic E-state index is 10.8. The molecule has 0 fully saturated rings. The van der Waals surface area contributed by atoms with Gasteiger partial charge in [-0.15, -0.1) is 0 Å². The van der Waals surface area contributed by atoms with Crippen molar-refractivity contribution in [1.82, 2.24) is 4.98 Å². The summed E-state index contributed by atoms with van der Waals surface area (Å²) in [5.74, 6) is 6.19. The SMILES string of the molecule is C[N+](C)(CC#Cc1ccc(-c2nc3ccccc3o2)c(O)c1)CCCS(=O)(=O)O. The zero-order valence-electron chi connectivity index (χ0n) is 16.3. The summed E-state index contributed by atoms with van der Waals surface area (Å²) < 4.78 is 36.6. The number of quaternary nitrogens is 1. The lowest BCUT2D eigenvalue weighted by Crippen LogP contribution is -2.41. The summed E-state index contributed by atoms with van der Waals surface area (Å²) in [5, 5.41) is 10.4. The smallest absolute Gasteiger partial charge is 0.265 e. The van der Waals surface area contributed by atoms with E-state index >= 15 is 0 Å². The molecule has 3 aromatic rings. The van der Waals surface area contributed by atoms with Crippen molar-refractivity contribution in [3.63, 3.8) is 0 Å². The van der Waals surface area contributed by atoms with Crippen LogP contribution in [0.1, 0.15) is 12.0 Å². The van der Waals surface area contributed by atoms with Crippen molar-refractivity contribution in [1.29, 1.82) is 0 Å². The van der Waals surface area contributed by atoms with E-state index in [1.807, 2.05) is 38.4 Å². The van der Waals surface area contributed by atoms with Crippen LogP contribution in [0.2, 0.25) is 0 Å². The summed E-state index contributed by atoms with van der Waals surface area (Å²) in [6.07, 6.45) is 0.355. The van der Waals surface area contributed by atoms with Crippen molar-refractivity contribution in [3.8, 4) is 29.0 Å². The van der Waals surface area contributed by atoms with Gasteiger partial charge >= 0.3 is 0 Å². The summed E-state index contributed by atoms with van der Waals surface area (Å²) in [7, 11) is -0.0632. The normalized spacial score (nSPS) is 12.0. The number of para-hydroxylation sites is 2. The number of rotatable bonds is 6. The Morgan fingerprint density at radius 1 is 1.17 bits per heavy atom. The number of aromatic nitrogens is 1. The van der Waals surface area contributed by atoms with E-state index in [4.69, 9.17) is 8.97 Å². The molecule has 8 heteroatoms. The number of benzene rings is 2. The number of phenols is 1. The van der Waals surface area contributed by atoms with Gasteiger partial charge < -0.3 is 14.0 Å². The van der Waals surface area contributed by atoms with Crippen LogP contribution in [0.25, 0.3) is 22.6 Å².